The van der Waals surface area contributed by atoms with Gasteiger partial charge >= 0.3 is 0 Å². The van der Waals surface area contributed by atoms with Crippen LogP contribution in [0.3, 0.4) is 0 Å². The van der Waals surface area contributed by atoms with Crippen LogP contribution in [0.1, 0.15) is 50.5 Å². The van der Waals surface area contributed by atoms with Crippen molar-refractivity contribution < 1.29 is 9.59 Å². The Morgan fingerprint density at radius 2 is 1.92 bits per heavy atom. The number of carbonyl (C=O) groups is 2. The predicted octanol–water partition coefficient (Wildman–Crippen LogP) is 2.80. The van der Waals surface area contributed by atoms with E-state index in [0.29, 0.717) is 31.8 Å². The first kappa shape index (κ1) is 20.7. The second-order valence-electron chi connectivity index (χ2n) is 7.23. The Bertz CT molecular complexity index is 617. The molecule has 1 heterocycles. The normalized spacial score (nSPS) is 18.7. The van der Waals surface area contributed by atoms with Gasteiger partial charge in [0.25, 0.3) is 0 Å². The summed E-state index contributed by atoms with van der Waals surface area (Å²) in [5, 5.41) is 3.11. The Balaban J connectivity index is 0.00000243. The number of fused-ring (bicyclic) bond motifs is 1. The average molecular weight is 380 g/mol. The zero-order valence-electron chi connectivity index (χ0n) is 15.3. The summed E-state index contributed by atoms with van der Waals surface area (Å²) in [4.78, 5) is 26.4. The van der Waals surface area contributed by atoms with Crippen LogP contribution in [0.5, 0.6) is 0 Å². The molecule has 3 N–H and O–H groups in total. The highest BCUT2D eigenvalue weighted by molar-refractivity contribution is 5.97. The number of aryl methyl sites for hydroxylation is 1. The Labute approximate surface area is 162 Å². The lowest BCUT2D eigenvalue weighted by atomic mass is 9.84. The molecule has 1 aromatic rings. The van der Waals surface area contributed by atoms with Crippen LogP contribution in [-0.4, -0.2) is 30.9 Å². The Morgan fingerprint density at radius 1 is 1.19 bits per heavy atom. The summed E-state index contributed by atoms with van der Waals surface area (Å²) in [5.74, 6) is 0.603. The minimum absolute atomic E-state index is 0. The van der Waals surface area contributed by atoms with Crippen LogP contribution in [0, 0.1) is 5.92 Å². The van der Waals surface area contributed by atoms with Crippen LogP contribution in [0.25, 0.3) is 0 Å². The van der Waals surface area contributed by atoms with Crippen molar-refractivity contribution in [1.82, 2.24) is 5.32 Å². The van der Waals surface area contributed by atoms with Gasteiger partial charge in [-0.3, -0.25) is 9.59 Å². The number of carbonyl (C=O) groups excluding carboxylic acids is 2. The lowest BCUT2D eigenvalue weighted by Crippen LogP contribution is -2.47. The third-order valence-electron chi connectivity index (χ3n) is 5.57. The molecule has 0 bridgehead atoms. The van der Waals surface area contributed by atoms with Gasteiger partial charge in [0.15, 0.2) is 0 Å². The van der Waals surface area contributed by atoms with Gasteiger partial charge in [-0.2, -0.15) is 0 Å². The number of nitrogens with zero attached hydrogens (tertiary/aromatic N) is 1. The molecule has 0 aromatic heterocycles. The van der Waals surface area contributed by atoms with Crippen LogP contribution in [-0.2, 0) is 16.0 Å². The highest BCUT2D eigenvalue weighted by Gasteiger charge is 2.26. The summed E-state index contributed by atoms with van der Waals surface area (Å²) in [6, 6.07) is 8.03. The summed E-state index contributed by atoms with van der Waals surface area (Å²) in [6.07, 6.45) is 7.69. The maximum atomic E-state index is 12.4. The number of para-hydroxylation sites is 1. The first-order valence-corrected chi connectivity index (χ1v) is 9.56. The molecule has 5 nitrogen and oxygen atoms in total. The number of hydrogen-bond donors (Lipinski definition) is 2. The van der Waals surface area contributed by atoms with Crippen LogP contribution < -0.4 is 16.0 Å². The van der Waals surface area contributed by atoms with E-state index < -0.39 is 0 Å². The van der Waals surface area contributed by atoms with Crippen molar-refractivity contribution in [2.24, 2.45) is 11.7 Å². The summed E-state index contributed by atoms with van der Waals surface area (Å²) in [6.45, 7) is 0.922. The molecule has 1 aliphatic heterocycles. The molecular formula is C20H30ClN3O2. The van der Waals surface area contributed by atoms with Crippen molar-refractivity contribution in [3.05, 3.63) is 29.8 Å². The van der Waals surface area contributed by atoms with Gasteiger partial charge in [-0.05, 0) is 36.8 Å². The van der Waals surface area contributed by atoms with E-state index in [0.717, 1.165) is 24.9 Å². The second kappa shape index (κ2) is 9.93. The first-order valence-electron chi connectivity index (χ1n) is 9.56. The van der Waals surface area contributed by atoms with Gasteiger partial charge < -0.3 is 16.0 Å². The first-order chi connectivity index (χ1) is 12.2. The van der Waals surface area contributed by atoms with Crippen molar-refractivity contribution in [2.75, 3.05) is 18.0 Å². The van der Waals surface area contributed by atoms with E-state index in [1.54, 1.807) is 4.90 Å². The van der Waals surface area contributed by atoms with Gasteiger partial charge in [-0.25, -0.2) is 0 Å². The number of anilines is 1. The van der Waals surface area contributed by atoms with E-state index in [1.165, 1.54) is 24.8 Å². The quantitative estimate of drug-likeness (QED) is 0.798. The Morgan fingerprint density at radius 3 is 2.65 bits per heavy atom. The molecule has 1 atom stereocenters. The third kappa shape index (κ3) is 4.98. The van der Waals surface area contributed by atoms with E-state index in [-0.39, 0.29) is 30.3 Å². The van der Waals surface area contributed by atoms with Crippen molar-refractivity contribution in [1.29, 1.82) is 0 Å². The molecule has 1 saturated carbocycles. The molecule has 0 saturated heterocycles. The molecule has 26 heavy (non-hydrogen) atoms. The zero-order valence-corrected chi connectivity index (χ0v) is 16.1. The topological polar surface area (TPSA) is 75.4 Å². The summed E-state index contributed by atoms with van der Waals surface area (Å²) in [5.41, 5.74) is 8.03. The van der Waals surface area contributed by atoms with Gasteiger partial charge in [0, 0.05) is 37.7 Å². The molecule has 0 spiro atoms. The van der Waals surface area contributed by atoms with Gasteiger partial charge in [0.05, 0.1) is 0 Å². The molecule has 2 amide bonds. The van der Waals surface area contributed by atoms with E-state index in [1.807, 2.05) is 18.2 Å². The number of nitrogens with two attached hydrogens (primary N) is 1. The van der Waals surface area contributed by atoms with Crippen molar-refractivity contribution in [3.8, 4) is 0 Å². The smallest absolute Gasteiger partial charge is 0.227 e. The summed E-state index contributed by atoms with van der Waals surface area (Å²) >= 11 is 0. The maximum absolute atomic E-state index is 12.4. The highest BCUT2D eigenvalue weighted by Crippen LogP contribution is 2.28. The zero-order chi connectivity index (χ0) is 17.6. The SMILES string of the molecule is Cl.NCC(NC(=O)CCN1C(=O)CCc2ccccc21)C1CCCCC1. The summed E-state index contributed by atoms with van der Waals surface area (Å²) in [7, 11) is 0. The highest BCUT2D eigenvalue weighted by atomic mass is 35.5. The molecule has 6 heteroatoms. The second-order valence-corrected chi connectivity index (χ2v) is 7.23. The fourth-order valence-electron chi connectivity index (χ4n) is 4.14. The van der Waals surface area contributed by atoms with Gasteiger partial charge in [-0.1, -0.05) is 37.5 Å². The van der Waals surface area contributed by atoms with Crippen molar-refractivity contribution in [3.63, 3.8) is 0 Å². The minimum Gasteiger partial charge on any atom is -0.352 e. The lowest BCUT2D eigenvalue weighted by Gasteiger charge is -2.31. The van der Waals surface area contributed by atoms with E-state index in [9.17, 15) is 9.59 Å². The molecule has 2 aliphatic rings. The summed E-state index contributed by atoms with van der Waals surface area (Å²) < 4.78 is 0. The Kier molecular flexibility index (Phi) is 7.91. The molecule has 3 rings (SSSR count). The molecule has 0 radical (unpaired) electrons. The van der Waals surface area contributed by atoms with Crippen LogP contribution in [0.4, 0.5) is 5.69 Å². The predicted molar refractivity (Wildman–Crippen MR) is 107 cm³/mol. The molecule has 1 aliphatic carbocycles. The maximum Gasteiger partial charge on any atom is 0.227 e. The van der Waals surface area contributed by atoms with Gasteiger partial charge in [0.2, 0.25) is 11.8 Å². The molecular weight excluding hydrogens is 350 g/mol. The van der Waals surface area contributed by atoms with E-state index in [2.05, 4.69) is 11.4 Å². The van der Waals surface area contributed by atoms with Crippen LogP contribution in [0.2, 0.25) is 0 Å². The van der Waals surface area contributed by atoms with Crippen molar-refractivity contribution in [2.45, 2.75) is 57.4 Å². The largest absolute Gasteiger partial charge is 0.352 e. The lowest BCUT2D eigenvalue weighted by molar-refractivity contribution is -0.122. The monoisotopic (exact) mass is 379 g/mol. The van der Waals surface area contributed by atoms with Crippen LogP contribution >= 0.6 is 12.4 Å². The number of amides is 2. The third-order valence-corrected chi connectivity index (χ3v) is 5.57. The fraction of sp³-hybridized carbons (Fsp3) is 0.600. The van der Waals surface area contributed by atoms with Crippen LogP contribution in [0.15, 0.2) is 24.3 Å². The number of rotatable bonds is 6. The van der Waals surface area contributed by atoms with E-state index >= 15 is 0 Å². The standard InChI is InChI=1S/C20H29N3O2.ClH/c21-14-17(15-6-2-1-3-7-15)22-19(24)12-13-23-18-9-5-4-8-16(18)10-11-20(23)25;/h4-5,8-9,15,17H,1-3,6-7,10-14,21H2,(H,22,24);1H. The van der Waals surface area contributed by atoms with Crippen molar-refractivity contribution >= 4 is 29.9 Å². The number of halogens is 1. The number of benzene rings is 1. The van der Waals surface area contributed by atoms with Gasteiger partial charge in [0.1, 0.15) is 0 Å². The Hall–Kier alpha value is -1.59. The molecule has 1 unspecified atom stereocenters. The number of nitrogens with one attached hydrogen (secondary N) is 1. The molecule has 1 fully saturated rings. The molecule has 1 aromatic carbocycles. The van der Waals surface area contributed by atoms with E-state index in [4.69, 9.17) is 5.73 Å². The van der Waals surface area contributed by atoms with Gasteiger partial charge in [-0.15, -0.1) is 12.4 Å². The number of hydrogen-bond acceptors (Lipinski definition) is 3. The average Bonchev–Trinajstić information content (AvgIpc) is 2.66. The minimum atomic E-state index is -0.00289. The fourth-order valence-corrected chi connectivity index (χ4v) is 4.14. The molecule has 144 valence electrons.